The maximum absolute atomic E-state index is 9.51. The molecular formula is C10H20N2O. The first-order valence-corrected chi connectivity index (χ1v) is 5.39. The lowest BCUT2D eigenvalue weighted by Crippen LogP contribution is -2.67. The molecule has 13 heavy (non-hydrogen) atoms. The average Bonchev–Trinajstić information content (AvgIpc) is 2.20. The van der Waals surface area contributed by atoms with Crippen molar-refractivity contribution in [2.24, 2.45) is 5.92 Å². The largest absolute Gasteiger partial charge is 0.394 e. The van der Waals surface area contributed by atoms with Crippen molar-refractivity contribution in [3.63, 3.8) is 0 Å². The third kappa shape index (κ3) is 1.49. The zero-order chi connectivity index (χ0) is 9.31. The molecule has 0 aliphatic carbocycles. The second kappa shape index (κ2) is 3.56. The maximum atomic E-state index is 9.51. The minimum atomic E-state index is 0.0191. The van der Waals surface area contributed by atoms with Crippen molar-refractivity contribution in [2.45, 2.75) is 25.3 Å². The molecule has 0 aromatic heterocycles. The van der Waals surface area contributed by atoms with Crippen LogP contribution in [0.1, 0.15) is 19.8 Å². The molecule has 0 saturated carbocycles. The second-order valence-corrected chi connectivity index (χ2v) is 4.40. The first kappa shape index (κ1) is 9.44. The first-order chi connectivity index (χ1) is 6.30. The molecule has 0 spiro atoms. The molecule has 3 aliphatic heterocycles. The van der Waals surface area contributed by atoms with Gasteiger partial charge >= 0.3 is 0 Å². The smallest absolute Gasteiger partial charge is 0.0628 e. The Morgan fingerprint density at radius 1 is 1.46 bits per heavy atom. The summed E-state index contributed by atoms with van der Waals surface area (Å²) in [6.45, 7) is 6.89. The lowest BCUT2D eigenvalue weighted by atomic mass is 9.73. The predicted octanol–water partition coefficient (Wildman–Crippen LogP) is 0.0526. The molecule has 3 saturated heterocycles. The van der Waals surface area contributed by atoms with Crippen molar-refractivity contribution in [1.29, 1.82) is 0 Å². The third-order valence-corrected chi connectivity index (χ3v) is 3.69. The molecule has 0 aromatic rings. The van der Waals surface area contributed by atoms with Crippen LogP contribution in [0.25, 0.3) is 0 Å². The molecule has 3 aliphatic rings. The van der Waals surface area contributed by atoms with Crippen LogP contribution < -0.4 is 5.32 Å². The van der Waals surface area contributed by atoms with Gasteiger partial charge in [-0.3, -0.25) is 0 Å². The van der Waals surface area contributed by atoms with E-state index in [4.69, 9.17) is 0 Å². The van der Waals surface area contributed by atoms with Gasteiger partial charge in [-0.25, -0.2) is 0 Å². The van der Waals surface area contributed by atoms with Gasteiger partial charge in [0, 0.05) is 6.54 Å². The number of nitrogens with one attached hydrogen (secondary N) is 1. The SMILES string of the molecule is CCNC1(CO)CN2CCC1CC2. The Labute approximate surface area is 80.1 Å². The number of likely N-dealkylation sites (N-methyl/N-ethyl adjacent to an activating group) is 1. The molecule has 2 N–H and O–H groups in total. The van der Waals surface area contributed by atoms with Gasteiger partial charge in [0.05, 0.1) is 12.1 Å². The van der Waals surface area contributed by atoms with Crippen molar-refractivity contribution in [1.82, 2.24) is 10.2 Å². The van der Waals surface area contributed by atoms with Crippen LogP contribution in [-0.2, 0) is 0 Å². The first-order valence-electron chi connectivity index (χ1n) is 5.39. The number of aliphatic hydroxyl groups excluding tert-OH is 1. The molecule has 3 rings (SSSR count). The minimum Gasteiger partial charge on any atom is -0.394 e. The Balaban J connectivity index is 2.10. The number of aliphatic hydroxyl groups is 1. The molecule has 1 atom stereocenters. The topological polar surface area (TPSA) is 35.5 Å². The van der Waals surface area contributed by atoms with Gasteiger partial charge in [0.1, 0.15) is 0 Å². The Morgan fingerprint density at radius 2 is 2.15 bits per heavy atom. The van der Waals surface area contributed by atoms with E-state index in [-0.39, 0.29) is 5.54 Å². The van der Waals surface area contributed by atoms with Crippen LogP contribution in [0.5, 0.6) is 0 Å². The summed E-state index contributed by atoms with van der Waals surface area (Å²) in [7, 11) is 0. The van der Waals surface area contributed by atoms with E-state index in [0.29, 0.717) is 12.5 Å². The number of hydrogen-bond acceptors (Lipinski definition) is 3. The number of piperidine rings is 3. The van der Waals surface area contributed by atoms with Crippen LogP contribution in [-0.4, -0.2) is 48.3 Å². The summed E-state index contributed by atoms with van der Waals surface area (Å²) >= 11 is 0. The molecule has 2 bridgehead atoms. The van der Waals surface area contributed by atoms with Crippen LogP contribution >= 0.6 is 0 Å². The van der Waals surface area contributed by atoms with Crippen LogP contribution in [0.4, 0.5) is 0 Å². The second-order valence-electron chi connectivity index (χ2n) is 4.40. The summed E-state index contributed by atoms with van der Waals surface area (Å²) in [5.41, 5.74) is 0.0191. The fourth-order valence-electron chi connectivity index (χ4n) is 2.96. The quantitative estimate of drug-likeness (QED) is 0.651. The summed E-state index contributed by atoms with van der Waals surface area (Å²) < 4.78 is 0. The summed E-state index contributed by atoms with van der Waals surface area (Å²) in [6, 6.07) is 0. The van der Waals surface area contributed by atoms with Gasteiger partial charge in [0.25, 0.3) is 0 Å². The van der Waals surface area contributed by atoms with Gasteiger partial charge in [-0.05, 0) is 38.4 Å². The predicted molar refractivity (Wildman–Crippen MR) is 52.7 cm³/mol. The Hall–Kier alpha value is -0.120. The van der Waals surface area contributed by atoms with Gasteiger partial charge < -0.3 is 15.3 Å². The summed E-state index contributed by atoms with van der Waals surface area (Å²) in [5.74, 6) is 0.697. The number of fused-ring (bicyclic) bond motifs is 3. The Kier molecular flexibility index (Phi) is 2.58. The van der Waals surface area contributed by atoms with Crippen LogP contribution in [0, 0.1) is 5.92 Å². The summed E-state index contributed by atoms with van der Waals surface area (Å²) in [6.07, 6.45) is 2.52. The van der Waals surface area contributed by atoms with Gasteiger partial charge in [0.2, 0.25) is 0 Å². The summed E-state index contributed by atoms with van der Waals surface area (Å²) in [5, 5.41) is 13.0. The van der Waals surface area contributed by atoms with Crippen molar-refractivity contribution in [2.75, 3.05) is 32.8 Å². The zero-order valence-electron chi connectivity index (χ0n) is 8.42. The van der Waals surface area contributed by atoms with E-state index >= 15 is 0 Å². The normalized spacial score (nSPS) is 43.8. The van der Waals surface area contributed by atoms with Crippen molar-refractivity contribution in [3.8, 4) is 0 Å². The molecule has 1 unspecified atom stereocenters. The van der Waals surface area contributed by atoms with Gasteiger partial charge in [0.15, 0.2) is 0 Å². The van der Waals surface area contributed by atoms with Gasteiger partial charge in [-0.1, -0.05) is 6.92 Å². The standard InChI is InChI=1S/C10H20N2O/c1-2-11-10(8-13)7-12-5-3-9(10)4-6-12/h9,11,13H,2-8H2,1H3. The number of hydrogen-bond donors (Lipinski definition) is 2. The van der Waals surface area contributed by atoms with Crippen LogP contribution in [0.2, 0.25) is 0 Å². The molecule has 3 heteroatoms. The minimum absolute atomic E-state index is 0.0191. The summed E-state index contributed by atoms with van der Waals surface area (Å²) in [4.78, 5) is 2.47. The lowest BCUT2D eigenvalue weighted by Gasteiger charge is -2.53. The Bertz CT molecular complexity index is 178. The zero-order valence-corrected chi connectivity index (χ0v) is 8.42. The van der Waals surface area contributed by atoms with E-state index in [0.717, 1.165) is 13.1 Å². The highest BCUT2D eigenvalue weighted by atomic mass is 16.3. The highest BCUT2D eigenvalue weighted by molar-refractivity contribution is 5.03. The van der Waals surface area contributed by atoms with E-state index in [9.17, 15) is 5.11 Å². The van der Waals surface area contributed by atoms with E-state index in [2.05, 4.69) is 17.1 Å². The molecular weight excluding hydrogens is 164 g/mol. The molecule has 0 radical (unpaired) electrons. The number of rotatable bonds is 3. The molecule has 76 valence electrons. The highest BCUT2D eigenvalue weighted by Crippen LogP contribution is 2.35. The molecule has 0 amide bonds. The average molecular weight is 184 g/mol. The van der Waals surface area contributed by atoms with E-state index in [1.165, 1.54) is 25.9 Å². The number of nitrogens with zero attached hydrogens (tertiary/aromatic N) is 1. The molecule has 3 fully saturated rings. The Morgan fingerprint density at radius 3 is 2.54 bits per heavy atom. The van der Waals surface area contributed by atoms with Crippen LogP contribution in [0.15, 0.2) is 0 Å². The molecule has 0 aromatic carbocycles. The van der Waals surface area contributed by atoms with E-state index in [1.807, 2.05) is 0 Å². The van der Waals surface area contributed by atoms with Crippen molar-refractivity contribution >= 4 is 0 Å². The molecule has 3 nitrogen and oxygen atoms in total. The van der Waals surface area contributed by atoms with Gasteiger partial charge in [-0.15, -0.1) is 0 Å². The van der Waals surface area contributed by atoms with E-state index in [1.54, 1.807) is 0 Å². The van der Waals surface area contributed by atoms with Crippen molar-refractivity contribution < 1.29 is 5.11 Å². The van der Waals surface area contributed by atoms with Crippen molar-refractivity contribution in [3.05, 3.63) is 0 Å². The third-order valence-electron chi connectivity index (χ3n) is 3.69. The van der Waals surface area contributed by atoms with E-state index < -0.39 is 0 Å². The van der Waals surface area contributed by atoms with Crippen LogP contribution in [0.3, 0.4) is 0 Å². The highest BCUT2D eigenvalue weighted by Gasteiger charge is 2.45. The fraction of sp³-hybridized carbons (Fsp3) is 1.00. The maximum Gasteiger partial charge on any atom is 0.0628 e. The van der Waals surface area contributed by atoms with Gasteiger partial charge in [-0.2, -0.15) is 0 Å². The monoisotopic (exact) mass is 184 g/mol. The molecule has 3 heterocycles. The fourth-order valence-corrected chi connectivity index (χ4v) is 2.96. The lowest BCUT2D eigenvalue weighted by molar-refractivity contribution is -0.0241.